The van der Waals surface area contributed by atoms with Gasteiger partial charge in [0.15, 0.2) is 11.5 Å². The highest BCUT2D eigenvalue weighted by atomic mass is 32.2. The molecule has 0 saturated heterocycles. The van der Waals surface area contributed by atoms with Crippen molar-refractivity contribution < 1.29 is 18.7 Å². The Morgan fingerprint density at radius 2 is 2.07 bits per heavy atom. The number of fused-ring (bicyclic) bond motifs is 2. The lowest BCUT2D eigenvalue weighted by Crippen LogP contribution is -2.30. The van der Waals surface area contributed by atoms with Crippen LogP contribution in [0.2, 0.25) is 0 Å². The molecule has 3 heterocycles. The number of para-hydroxylation sites is 1. The van der Waals surface area contributed by atoms with Crippen molar-refractivity contribution >= 4 is 28.6 Å². The van der Waals surface area contributed by atoms with Crippen molar-refractivity contribution in [2.75, 3.05) is 6.79 Å². The molecule has 1 atom stereocenters. The van der Waals surface area contributed by atoms with Crippen LogP contribution in [0.1, 0.15) is 12.5 Å². The molecule has 5 rings (SSSR count). The zero-order valence-electron chi connectivity index (χ0n) is 16.0. The number of carbonyl (C=O) groups is 1. The highest BCUT2D eigenvalue weighted by Gasteiger charge is 2.20. The molecule has 2 aromatic carbocycles. The highest BCUT2D eigenvalue weighted by Crippen LogP contribution is 2.33. The number of thioether (sulfide) groups is 1. The number of nitrogens with zero attached hydrogens (tertiary/aromatic N) is 2. The molecular weight excluding hydrogens is 404 g/mol. The zero-order valence-corrected chi connectivity index (χ0v) is 16.9. The van der Waals surface area contributed by atoms with Crippen molar-refractivity contribution in [2.24, 2.45) is 0 Å². The molecule has 2 N–H and O–H groups in total. The first kappa shape index (κ1) is 18.6. The minimum Gasteiger partial charge on any atom is -0.454 e. The number of carbonyl (C=O) groups excluding carboxylic acids is 1. The zero-order chi connectivity index (χ0) is 20.5. The average molecular weight is 422 g/mol. The topological polar surface area (TPSA) is 102 Å². The van der Waals surface area contributed by atoms with E-state index in [0.29, 0.717) is 23.4 Å². The van der Waals surface area contributed by atoms with Crippen molar-refractivity contribution in [2.45, 2.75) is 23.9 Å². The first-order valence-electron chi connectivity index (χ1n) is 9.40. The summed E-state index contributed by atoms with van der Waals surface area (Å²) in [4.78, 5) is 15.7. The van der Waals surface area contributed by atoms with E-state index < -0.39 is 5.25 Å². The summed E-state index contributed by atoms with van der Waals surface area (Å²) in [6, 6.07) is 13.5. The predicted octanol–water partition coefficient (Wildman–Crippen LogP) is 3.74. The van der Waals surface area contributed by atoms with Gasteiger partial charge in [-0.1, -0.05) is 36.0 Å². The molecule has 0 aliphatic carbocycles. The van der Waals surface area contributed by atoms with E-state index in [9.17, 15) is 4.79 Å². The maximum Gasteiger partial charge on any atom is 0.277 e. The third kappa shape index (κ3) is 3.59. The quantitative estimate of drug-likeness (QED) is 0.456. The fourth-order valence-corrected chi connectivity index (χ4v) is 3.91. The Morgan fingerprint density at radius 3 is 3.00 bits per heavy atom. The number of ether oxygens (including phenoxy) is 2. The van der Waals surface area contributed by atoms with Crippen LogP contribution in [0.5, 0.6) is 11.5 Å². The Bertz CT molecular complexity index is 1220. The van der Waals surface area contributed by atoms with Crippen molar-refractivity contribution in [3.63, 3.8) is 0 Å². The molecule has 0 radical (unpaired) electrons. The second-order valence-corrected chi connectivity index (χ2v) is 8.08. The van der Waals surface area contributed by atoms with E-state index in [1.807, 2.05) is 48.7 Å². The fourth-order valence-electron chi connectivity index (χ4n) is 3.20. The summed E-state index contributed by atoms with van der Waals surface area (Å²) in [6.07, 6.45) is 1.84. The van der Waals surface area contributed by atoms with Gasteiger partial charge in [0.25, 0.3) is 11.1 Å². The summed E-state index contributed by atoms with van der Waals surface area (Å²) in [5, 5.41) is 12.1. The molecule has 1 amide bonds. The van der Waals surface area contributed by atoms with E-state index in [0.717, 1.165) is 27.8 Å². The van der Waals surface area contributed by atoms with Gasteiger partial charge in [0.1, 0.15) is 0 Å². The third-order valence-corrected chi connectivity index (χ3v) is 5.71. The van der Waals surface area contributed by atoms with Gasteiger partial charge in [0.05, 0.1) is 10.8 Å². The van der Waals surface area contributed by atoms with E-state index in [1.54, 1.807) is 6.92 Å². The van der Waals surface area contributed by atoms with E-state index in [4.69, 9.17) is 13.9 Å². The van der Waals surface area contributed by atoms with Crippen LogP contribution >= 0.6 is 11.8 Å². The van der Waals surface area contributed by atoms with Crippen molar-refractivity contribution in [1.82, 2.24) is 20.5 Å². The van der Waals surface area contributed by atoms with Crippen LogP contribution in [0.15, 0.2) is 58.3 Å². The molecule has 30 heavy (non-hydrogen) atoms. The van der Waals surface area contributed by atoms with Crippen LogP contribution in [-0.4, -0.2) is 33.1 Å². The van der Waals surface area contributed by atoms with Crippen LogP contribution in [0, 0.1) is 0 Å². The van der Waals surface area contributed by atoms with Gasteiger partial charge in [-0.05, 0) is 30.7 Å². The van der Waals surface area contributed by atoms with Gasteiger partial charge in [0, 0.05) is 23.6 Å². The molecule has 0 fully saturated rings. The number of nitrogens with one attached hydrogen (secondary N) is 2. The van der Waals surface area contributed by atoms with Crippen LogP contribution < -0.4 is 14.8 Å². The van der Waals surface area contributed by atoms with Gasteiger partial charge >= 0.3 is 0 Å². The first-order valence-corrected chi connectivity index (χ1v) is 10.3. The number of rotatable bonds is 6. The van der Waals surface area contributed by atoms with Gasteiger partial charge < -0.3 is 24.2 Å². The standard InChI is InChI=1S/C21H18N4O4S/c1-12(19(26)23-9-13-6-7-17-18(8-13)28-11-27-17)30-21-25-24-20(29-21)15-10-22-16-5-3-2-4-14(15)16/h2-8,10,12,22H,9,11H2,1H3,(H,23,26)/t12-/m0/s1. The second kappa shape index (κ2) is 7.75. The summed E-state index contributed by atoms with van der Waals surface area (Å²) in [7, 11) is 0. The van der Waals surface area contributed by atoms with Crippen LogP contribution in [0.4, 0.5) is 0 Å². The van der Waals surface area contributed by atoms with Crippen LogP contribution in [0.25, 0.3) is 22.4 Å². The van der Waals surface area contributed by atoms with Gasteiger partial charge in [0.2, 0.25) is 12.7 Å². The molecule has 9 heteroatoms. The molecule has 1 aliphatic heterocycles. The normalized spacial score (nSPS) is 13.5. The lowest BCUT2D eigenvalue weighted by molar-refractivity contribution is -0.120. The first-order chi connectivity index (χ1) is 14.7. The summed E-state index contributed by atoms with van der Waals surface area (Å²) < 4.78 is 16.4. The number of hydrogen-bond donors (Lipinski definition) is 2. The van der Waals surface area contributed by atoms with E-state index in [2.05, 4.69) is 20.5 Å². The Labute approximate surface area is 176 Å². The van der Waals surface area contributed by atoms with Gasteiger partial charge in [-0.2, -0.15) is 0 Å². The Morgan fingerprint density at radius 1 is 1.20 bits per heavy atom. The van der Waals surface area contributed by atoms with Gasteiger partial charge in [-0.25, -0.2) is 0 Å². The van der Waals surface area contributed by atoms with E-state index in [-0.39, 0.29) is 12.7 Å². The maximum atomic E-state index is 12.5. The second-order valence-electron chi connectivity index (χ2n) is 6.79. The minimum atomic E-state index is -0.393. The number of aromatic amines is 1. The molecule has 1 aliphatic rings. The Balaban J connectivity index is 1.21. The van der Waals surface area contributed by atoms with Crippen molar-refractivity contribution in [3.8, 4) is 23.0 Å². The van der Waals surface area contributed by atoms with Gasteiger partial charge in [-0.15, -0.1) is 10.2 Å². The molecule has 2 aromatic heterocycles. The number of benzene rings is 2. The molecule has 0 unspecified atom stereocenters. The Kier molecular flexibility index (Phi) is 4.80. The minimum absolute atomic E-state index is 0.121. The molecular formula is C21H18N4O4S. The summed E-state index contributed by atoms with van der Waals surface area (Å²) in [5.74, 6) is 1.71. The molecule has 0 bridgehead atoms. The van der Waals surface area contributed by atoms with Crippen LogP contribution in [-0.2, 0) is 11.3 Å². The SMILES string of the molecule is C[C@H](Sc1nnc(-c2c[nH]c3ccccc23)o1)C(=O)NCc1ccc2c(c1)OCO2. The number of H-pyrrole nitrogens is 1. The summed E-state index contributed by atoms with van der Waals surface area (Å²) >= 11 is 1.22. The maximum absolute atomic E-state index is 12.5. The summed E-state index contributed by atoms with van der Waals surface area (Å²) in [6.45, 7) is 2.42. The lowest BCUT2D eigenvalue weighted by Gasteiger charge is -2.10. The van der Waals surface area contributed by atoms with E-state index >= 15 is 0 Å². The molecule has 0 spiro atoms. The number of hydrogen-bond acceptors (Lipinski definition) is 7. The molecule has 4 aromatic rings. The van der Waals surface area contributed by atoms with Crippen molar-refractivity contribution in [1.29, 1.82) is 0 Å². The smallest absolute Gasteiger partial charge is 0.277 e. The van der Waals surface area contributed by atoms with Gasteiger partial charge in [-0.3, -0.25) is 4.79 Å². The monoisotopic (exact) mass is 422 g/mol. The molecule has 152 valence electrons. The Hall–Kier alpha value is -3.46. The summed E-state index contributed by atoms with van der Waals surface area (Å²) in [5.41, 5.74) is 2.77. The average Bonchev–Trinajstić information content (AvgIpc) is 3.50. The van der Waals surface area contributed by atoms with Crippen molar-refractivity contribution in [3.05, 3.63) is 54.2 Å². The molecule has 0 saturated carbocycles. The highest BCUT2D eigenvalue weighted by molar-refractivity contribution is 8.00. The van der Waals surface area contributed by atoms with E-state index in [1.165, 1.54) is 11.8 Å². The number of aromatic nitrogens is 3. The number of amides is 1. The fraction of sp³-hybridized carbons (Fsp3) is 0.190. The largest absolute Gasteiger partial charge is 0.454 e. The van der Waals surface area contributed by atoms with Crippen LogP contribution in [0.3, 0.4) is 0 Å². The lowest BCUT2D eigenvalue weighted by atomic mass is 10.2. The third-order valence-electron chi connectivity index (χ3n) is 4.78. The predicted molar refractivity (Wildman–Crippen MR) is 111 cm³/mol. The molecule has 8 nitrogen and oxygen atoms in total.